The lowest BCUT2D eigenvalue weighted by Crippen LogP contribution is -2.30. The quantitative estimate of drug-likeness (QED) is 0.175. The number of fused-ring (bicyclic) bond motifs is 4. The van der Waals surface area contributed by atoms with E-state index in [9.17, 15) is 0 Å². The van der Waals surface area contributed by atoms with Crippen LogP contribution in [0.4, 0.5) is 11.4 Å². The van der Waals surface area contributed by atoms with Gasteiger partial charge in [0.15, 0.2) is 0 Å². The molecule has 7 aromatic rings. The van der Waals surface area contributed by atoms with Gasteiger partial charge < -0.3 is 4.90 Å². The predicted octanol–water partition coefficient (Wildman–Crippen LogP) is 13.0. The molecule has 2 aliphatic rings. The van der Waals surface area contributed by atoms with Crippen LogP contribution >= 0.6 is 0 Å². The zero-order valence-corrected chi connectivity index (χ0v) is 28.6. The Hall–Kier alpha value is -5.92. The van der Waals surface area contributed by atoms with Gasteiger partial charge in [0.05, 0.1) is 6.04 Å². The van der Waals surface area contributed by atoms with E-state index in [1.807, 2.05) is 0 Å². The largest absolute Gasteiger partial charge is 0.334 e. The number of anilines is 2. The van der Waals surface area contributed by atoms with E-state index in [-0.39, 0.29) is 11.5 Å². The molecular formula is C49H39N. The summed E-state index contributed by atoms with van der Waals surface area (Å²) in [5.74, 6) is 0. The van der Waals surface area contributed by atoms with E-state index < -0.39 is 0 Å². The lowest BCUT2D eigenvalue weighted by Gasteiger charge is -2.33. The molecule has 0 aliphatic heterocycles. The molecule has 0 spiro atoms. The Morgan fingerprint density at radius 1 is 0.480 bits per heavy atom. The van der Waals surface area contributed by atoms with E-state index in [1.54, 1.807) is 0 Å². The second kappa shape index (κ2) is 12.2. The maximum absolute atomic E-state index is 2.46. The highest BCUT2D eigenvalue weighted by molar-refractivity contribution is 5.97. The Balaban J connectivity index is 1.05. The molecule has 0 saturated carbocycles. The van der Waals surface area contributed by atoms with E-state index in [0.717, 1.165) is 6.42 Å². The highest BCUT2D eigenvalue weighted by atomic mass is 15.2. The Labute approximate surface area is 295 Å². The molecule has 50 heavy (non-hydrogen) atoms. The van der Waals surface area contributed by atoms with Crippen LogP contribution in [0.5, 0.6) is 0 Å². The molecule has 0 radical (unpaired) electrons. The van der Waals surface area contributed by atoms with Crippen LogP contribution in [-0.4, -0.2) is 6.04 Å². The molecule has 0 bridgehead atoms. The van der Waals surface area contributed by atoms with Crippen LogP contribution in [0.15, 0.2) is 182 Å². The van der Waals surface area contributed by atoms with Crippen molar-refractivity contribution in [3.05, 3.63) is 199 Å². The number of allylic oxidation sites excluding steroid dienone is 2. The van der Waals surface area contributed by atoms with Crippen LogP contribution < -0.4 is 4.90 Å². The number of rotatable bonds is 6. The van der Waals surface area contributed by atoms with Gasteiger partial charge in [-0.25, -0.2) is 0 Å². The maximum Gasteiger partial charge on any atom is 0.0560 e. The van der Waals surface area contributed by atoms with Gasteiger partial charge in [-0.2, -0.15) is 0 Å². The Bertz CT molecular complexity index is 2380. The average molecular weight is 642 g/mol. The summed E-state index contributed by atoms with van der Waals surface area (Å²) in [7, 11) is 0. The van der Waals surface area contributed by atoms with E-state index in [1.165, 1.54) is 77.8 Å². The lowest BCUT2D eigenvalue weighted by molar-refractivity contribution is 0.660. The maximum atomic E-state index is 2.46. The molecule has 240 valence electrons. The van der Waals surface area contributed by atoms with Gasteiger partial charge in [0.2, 0.25) is 0 Å². The summed E-state index contributed by atoms with van der Waals surface area (Å²) in [6.45, 7) is 4.78. The number of benzene rings is 7. The molecule has 0 fully saturated rings. The standard InChI is InChI=1S/C49H39N/c1-49(2)47-32-38(34-22-26-42(27-23-34)50(40-18-8-4-9-19-40)41-20-10-5-11-21-41)24-28-43(47)44-29-25-39(33-48(44)49)46-31-37-17-13-12-16-36(37)30-45(46)35-14-6-3-7-15-35/h3-26,28-33,42H,27H2,1-2H3. The first-order valence-electron chi connectivity index (χ1n) is 17.7. The fourth-order valence-corrected chi connectivity index (χ4v) is 8.14. The minimum atomic E-state index is -0.126. The van der Waals surface area contributed by atoms with Crippen molar-refractivity contribution in [2.75, 3.05) is 4.90 Å². The fourth-order valence-electron chi connectivity index (χ4n) is 8.14. The second-order valence-corrected chi connectivity index (χ2v) is 14.1. The van der Waals surface area contributed by atoms with Gasteiger partial charge in [0.1, 0.15) is 0 Å². The van der Waals surface area contributed by atoms with Crippen LogP contribution in [0.3, 0.4) is 0 Å². The summed E-state index contributed by atoms with van der Waals surface area (Å²) in [6.07, 6.45) is 8.06. The van der Waals surface area contributed by atoms with Gasteiger partial charge in [0.25, 0.3) is 0 Å². The van der Waals surface area contributed by atoms with Gasteiger partial charge in [-0.1, -0.05) is 147 Å². The normalized spacial score (nSPS) is 15.7. The van der Waals surface area contributed by atoms with E-state index in [0.29, 0.717) is 0 Å². The highest BCUT2D eigenvalue weighted by Crippen LogP contribution is 2.51. The van der Waals surface area contributed by atoms with Crippen LogP contribution in [-0.2, 0) is 5.41 Å². The summed E-state index contributed by atoms with van der Waals surface area (Å²) in [6, 6.07) is 60.2. The molecule has 0 heterocycles. The average Bonchev–Trinajstić information content (AvgIpc) is 3.40. The molecule has 7 aromatic carbocycles. The highest BCUT2D eigenvalue weighted by Gasteiger charge is 2.36. The molecular weight excluding hydrogens is 603 g/mol. The second-order valence-electron chi connectivity index (χ2n) is 14.1. The molecule has 9 rings (SSSR count). The van der Waals surface area contributed by atoms with Gasteiger partial charge in [-0.15, -0.1) is 0 Å². The molecule has 1 heteroatoms. The number of hydrogen-bond acceptors (Lipinski definition) is 1. The SMILES string of the molecule is CC1(C)c2cc(C3=CCC(N(c4ccccc4)c4ccccc4)C=C3)ccc2-c2ccc(-c3cc4ccccc4cc3-c3ccccc3)cc21. The smallest absolute Gasteiger partial charge is 0.0560 e. The van der Waals surface area contributed by atoms with Gasteiger partial charge in [-0.05, 0) is 121 Å². The zero-order chi connectivity index (χ0) is 33.7. The molecule has 0 N–H and O–H groups in total. The monoisotopic (exact) mass is 641 g/mol. The first-order chi connectivity index (χ1) is 24.5. The Morgan fingerprint density at radius 3 is 1.54 bits per heavy atom. The molecule has 1 atom stereocenters. The topological polar surface area (TPSA) is 3.24 Å². The molecule has 2 aliphatic carbocycles. The zero-order valence-electron chi connectivity index (χ0n) is 28.6. The van der Waals surface area contributed by atoms with Crippen molar-refractivity contribution in [2.24, 2.45) is 0 Å². The third-order valence-electron chi connectivity index (χ3n) is 10.8. The molecule has 0 saturated heterocycles. The van der Waals surface area contributed by atoms with Gasteiger partial charge in [-0.3, -0.25) is 0 Å². The van der Waals surface area contributed by atoms with Crippen molar-refractivity contribution in [3.63, 3.8) is 0 Å². The van der Waals surface area contributed by atoms with Gasteiger partial charge >= 0.3 is 0 Å². The van der Waals surface area contributed by atoms with Crippen molar-refractivity contribution in [1.29, 1.82) is 0 Å². The molecule has 1 unspecified atom stereocenters. The van der Waals surface area contributed by atoms with Crippen LogP contribution in [0.25, 0.3) is 49.7 Å². The minimum absolute atomic E-state index is 0.126. The van der Waals surface area contributed by atoms with E-state index in [4.69, 9.17) is 0 Å². The van der Waals surface area contributed by atoms with Crippen molar-refractivity contribution >= 4 is 27.7 Å². The minimum Gasteiger partial charge on any atom is -0.334 e. The molecule has 1 nitrogen and oxygen atoms in total. The van der Waals surface area contributed by atoms with Crippen molar-refractivity contribution < 1.29 is 0 Å². The summed E-state index contributed by atoms with van der Waals surface area (Å²) in [4.78, 5) is 2.45. The van der Waals surface area contributed by atoms with Crippen LogP contribution in [0.1, 0.15) is 37.0 Å². The third kappa shape index (κ3) is 5.18. The first-order valence-corrected chi connectivity index (χ1v) is 17.7. The lowest BCUT2D eigenvalue weighted by atomic mass is 9.80. The van der Waals surface area contributed by atoms with E-state index >= 15 is 0 Å². The molecule has 0 aromatic heterocycles. The van der Waals surface area contributed by atoms with Crippen LogP contribution in [0, 0.1) is 0 Å². The van der Waals surface area contributed by atoms with E-state index in [2.05, 4.69) is 201 Å². The van der Waals surface area contributed by atoms with Gasteiger partial charge in [0, 0.05) is 16.8 Å². The summed E-state index contributed by atoms with van der Waals surface area (Å²) in [5.41, 5.74) is 15.4. The third-order valence-corrected chi connectivity index (χ3v) is 10.8. The van der Waals surface area contributed by atoms with Crippen LogP contribution in [0.2, 0.25) is 0 Å². The predicted molar refractivity (Wildman–Crippen MR) is 213 cm³/mol. The van der Waals surface area contributed by atoms with Crippen molar-refractivity contribution in [1.82, 2.24) is 0 Å². The first kappa shape index (κ1) is 30.2. The number of nitrogens with zero attached hydrogens (tertiary/aromatic N) is 1. The molecule has 0 amide bonds. The number of hydrogen-bond donors (Lipinski definition) is 0. The Morgan fingerprint density at radius 2 is 0.980 bits per heavy atom. The Kier molecular flexibility index (Phi) is 7.36. The fraction of sp³-hybridized carbons (Fsp3) is 0.102. The summed E-state index contributed by atoms with van der Waals surface area (Å²) in [5, 5.41) is 2.53. The van der Waals surface area contributed by atoms with Crippen molar-refractivity contribution in [2.45, 2.75) is 31.7 Å². The summed E-state index contributed by atoms with van der Waals surface area (Å²) >= 11 is 0. The number of para-hydroxylation sites is 2. The van der Waals surface area contributed by atoms with Crippen molar-refractivity contribution in [3.8, 4) is 33.4 Å². The summed E-state index contributed by atoms with van der Waals surface area (Å²) < 4.78 is 0.